The average molecular weight is 254 g/mol. The van der Waals surface area contributed by atoms with E-state index in [1.165, 1.54) is 6.07 Å². The highest BCUT2D eigenvalue weighted by Gasteiger charge is 2.13. The predicted molar refractivity (Wildman–Crippen MR) is 69.3 cm³/mol. The maximum absolute atomic E-state index is 12.1. The first-order chi connectivity index (χ1) is 8.69. The molecule has 0 amide bonds. The van der Waals surface area contributed by atoms with E-state index in [4.69, 9.17) is 0 Å². The number of nitro benzene ring substituents is 1. The minimum absolute atomic E-state index is 0.0569. The van der Waals surface area contributed by atoms with Crippen molar-refractivity contribution in [3.8, 4) is 0 Å². The number of hydrogen-bond acceptors (Lipinski definition) is 3. The van der Waals surface area contributed by atoms with Gasteiger partial charge in [-0.15, -0.1) is 0 Å². The Morgan fingerprint density at radius 2 is 2.28 bits per heavy atom. The van der Waals surface area contributed by atoms with Crippen LogP contribution in [0.5, 0.6) is 0 Å². The van der Waals surface area contributed by atoms with Gasteiger partial charge in [-0.2, -0.15) is 0 Å². The zero-order valence-corrected chi connectivity index (χ0v) is 10.6. The Bertz CT molecular complexity index is 385. The predicted octanol–water partition coefficient (Wildman–Crippen LogP) is 3.39. The normalized spacial score (nSPS) is 12.3. The number of alkyl halides is 1. The molecule has 1 atom stereocenters. The van der Waals surface area contributed by atoms with Crippen molar-refractivity contribution in [2.75, 3.05) is 13.2 Å². The van der Waals surface area contributed by atoms with E-state index in [9.17, 15) is 14.5 Å². The molecule has 0 aliphatic heterocycles. The fourth-order valence-corrected chi connectivity index (χ4v) is 1.87. The largest absolute Gasteiger partial charge is 0.310 e. The van der Waals surface area contributed by atoms with E-state index in [1.54, 1.807) is 12.1 Å². The number of nitro groups is 1. The van der Waals surface area contributed by atoms with Crippen LogP contribution in [0.15, 0.2) is 24.3 Å². The summed E-state index contributed by atoms with van der Waals surface area (Å²) in [6.45, 7) is 2.30. The van der Waals surface area contributed by atoms with Crippen LogP contribution >= 0.6 is 0 Å². The van der Waals surface area contributed by atoms with Crippen molar-refractivity contribution < 1.29 is 9.31 Å². The van der Waals surface area contributed by atoms with E-state index >= 15 is 0 Å². The molecule has 0 fully saturated rings. The summed E-state index contributed by atoms with van der Waals surface area (Å²) in [7, 11) is 0. The molecule has 1 aromatic carbocycles. The molecular weight excluding hydrogens is 235 g/mol. The van der Waals surface area contributed by atoms with Gasteiger partial charge in [0.2, 0.25) is 0 Å². The number of halogens is 1. The van der Waals surface area contributed by atoms with Gasteiger partial charge in [0, 0.05) is 18.2 Å². The monoisotopic (exact) mass is 254 g/mol. The third-order valence-corrected chi connectivity index (χ3v) is 2.76. The number of benzene rings is 1. The molecule has 0 heterocycles. The zero-order valence-electron chi connectivity index (χ0n) is 10.6. The molecule has 0 saturated carbocycles. The lowest BCUT2D eigenvalue weighted by molar-refractivity contribution is -0.384. The van der Waals surface area contributed by atoms with Crippen molar-refractivity contribution in [3.63, 3.8) is 0 Å². The molecule has 0 saturated heterocycles. The summed E-state index contributed by atoms with van der Waals surface area (Å²) >= 11 is 0. The summed E-state index contributed by atoms with van der Waals surface area (Å²) < 4.78 is 12.1. The maximum Gasteiger partial charge on any atom is 0.269 e. The average Bonchev–Trinajstić information content (AvgIpc) is 2.38. The van der Waals surface area contributed by atoms with Gasteiger partial charge in [0.05, 0.1) is 11.6 Å². The molecule has 100 valence electrons. The van der Waals surface area contributed by atoms with Crippen LogP contribution in [0, 0.1) is 10.1 Å². The van der Waals surface area contributed by atoms with Crippen LogP contribution in [0.2, 0.25) is 0 Å². The third kappa shape index (κ3) is 4.41. The van der Waals surface area contributed by atoms with Crippen LogP contribution in [0.25, 0.3) is 0 Å². The molecule has 1 N–H and O–H groups in total. The first-order valence-electron chi connectivity index (χ1n) is 6.22. The van der Waals surface area contributed by atoms with Gasteiger partial charge in [0.15, 0.2) is 0 Å². The molecule has 1 unspecified atom stereocenters. The topological polar surface area (TPSA) is 55.2 Å². The maximum atomic E-state index is 12.1. The second kappa shape index (κ2) is 7.76. The summed E-state index contributed by atoms with van der Waals surface area (Å²) in [6.07, 6.45) is 2.32. The molecule has 0 aliphatic rings. The SMILES string of the molecule is CCCC(NCCCF)c1cccc([N+](=O)[O-])c1. The van der Waals surface area contributed by atoms with Crippen LogP contribution in [0.1, 0.15) is 37.8 Å². The van der Waals surface area contributed by atoms with Crippen molar-refractivity contribution in [2.24, 2.45) is 0 Å². The quantitative estimate of drug-likeness (QED) is 0.439. The Labute approximate surface area is 106 Å². The number of non-ortho nitro benzene ring substituents is 1. The van der Waals surface area contributed by atoms with Gasteiger partial charge in [0.25, 0.3) is 5.69 Å². The lowest BCUT2D eigenvalue weighted by Crippen LogP contribution is -2.22. The second-order valence-corrected chi connectivity index (χ2v) is 4.19. The number of hydrogen-bond donors (Lipinski definition) is 1. The highest BCUT2D eigenvalue weighted by molar-refractivity contribution is 5.35. The lowest BCUT2D eigenvalue weighted by atomic mass is 10.0. The summed E-state index contributed by atoms with van der Waals surface area (Å²) in [6, 6.07) is 6.68. The third-order valence-electron chi connectivity index (χ3n) is 2.76. The minimum Gasteiger partial charge on any atom is -0.310 e. The molecule has 4 nitrogen and oxygen atoms in total. The van der Waals surface area contributed by atoms with Gasteiger partial charge in [-0.3, -0.25) is 14.5 Å². The van der Waals surface area contributed by atoms with Gasteiger partial charge < -0.3 is 5.32 Å². The molecule has 0 aromatic heterocycles. The van der Waals surface area contributed by atoms with E-state index in [2.05, 4.69) is 12.2 Å². The van der Waals surface area contributed by atoms with Gasteiger partial charge >= 0.3 is 0 Å². The van der Waals surface area contributed by atoms with Crippen LogP contribution in [0.4, 0.5) is 10.1 Å². The summed E-state index contributed by atoms with van der Waals surface area (Å²) in [4.78, 5) is 10.3. The number of rotatable bonds is 8. The van der Waals surface area contributed by atoms with Gasteiger partial charge in [-0.25, -0.2) is 0 Å². The molecule has 1 aromatic rings. The summed E-state index contributed by atoms with van der Waals surface area (Å²) in [5.41, 5.74) is 0.991. The molecule has 1 rings (SSSR count). The van der Waals surface area contributed by atoms with E-state index < -0.39 is 4.92 Å². The lowest BCUT2D eigenvalue weighted by Gasteiger charge is -2.18. The standard InChI is InChI=1S/C13H19FN2O2/c1-2-5-13(15-9-4-8-14)11-6-3-7-12(10-11)16(17)18/h3,6-7,10,13,15H,2,4-5,8-9H2,1H3. The van der Waals surface area contributed by atoms with Crippen LogP contribution in [-0.4, -0.2) is 18.1 Å². The van der Waals surface area contributed by atoms with Crippen molar-refractivity contribution >= 4 is 5.69 Å². The molecule has 5 heteroatoms. The Kier molecular flexibility index (Phi) is 6.28. The molecule has 0 radical (unpaired) electrons. The number of nitrogens with zero attached hydrogens (tertiary/aromatic N) is 1. The van der Waals surface area contributed by atoms with Gasteiger partial charge in [0.1, 0.15) is 0 Å². The van der Waals surface area contributed by atoms with E-state index in [-0.39, 0.29) is 18.4 Å². The molecular formula is C13H19FN2O2. The highest BCUT2D eigenvalue weighted by atomic mass is 19.1. The van der Waals surface area contributed by atoms with Crippen molar-refractivity contribution in [1.82, 2.24) is 5.32 Å². The van der Waals surface area contributed by atoms with Crippen LogP contribution < -0.4 is 5.32 Å². The Morgan fingerprint density at radius 3 is 2.89 bits per heavy atom. The fraction of sp³-hybridized carbons (Fsp3) is 0.538. The van der Waals surface area contributed by atoms with Crippen LogP contribution in [0.3, 0.4) is 0 Å². The number of nitrogens with one attached hydrogen (secondary N) is 1. The Balaban J connectivity index is 2.77. The molecule has 0 aliphatic carbocycles. The Hall–Kier alpha value is -1.49. The first kappa shape index (κ1) is 14.6. The van der Waals surface area contributed by atoms with Crippen LogP contribution in [-0.2, 0) is 0 Å². The van der Waals surface area contributed by atoms with Gasteiger partial charge in [-0.1, -0.05) is 25.5 Å². The van der Waals surface area contributed by atoms with Gasteiger partial charge in [-0.05, 0) is 24.9 Å². The smallest absolute Gasteiger partial charge is 0.269 e. The molecule has 18 heavy (non-hydrogen) atoms. The Morgan fingerprint density at radius 1 is 1.50 bits per heavy atom. The van der Waals surface area contributed by atoms with E-state index in [0.29, 0.717) is 13.0 Å². The minimum atomic E-state index is -0.395. The molecule has 0 spiro atoms. The highest BCUT2D eigenvalue weighted by Crippen LogP contribution is 2.22. The first-order valence-corrected chi connectivity index (χ1v) is 6.22. The van der Waals surface area contributed by atoms with Crippen molar-refractivity contribution in [3.05, 3.63) is 39.9 Å². The van der Waals surface area contributed by atoms with E-state index in [0.717, 1.165) is 18.4 Å². The fourth-order valence-electron chi connectivity index (χ4n) is 1.87. The zero-order chi connectivity index (χ0) is 13.4. The molecule has 0 bridgehead atoms. The van der Waals surface area contributed by atoms with E-state index in [1.807, 2.05) is 6.07 Å². The van der Waals surface area contributed by atoms with Crippen molar-refractivity contribution in [1.29, 1.82) is 0 Å². The summed E-state index contributed by atoms with van der Waals surface area (Å²) in [5.74, 6) is 0. The summed E-state index contributed by atoms with van der Waals surface area (Å²) in [5, 5.41) is 14.0. The second-order valence-electron chi connectivity index (χ2n) is 4.19. The van der Waals surface area contributed by atoms with Crippen molar-refractivity contribution in [2.45, 2.75) is 32.2 Å².